The molecule has 2 N–H and O–H groups in total. The van der Waals surface area contributed by atoms with Crippen LogP contribution in [0.3, 0.4) is 0 Å². The van der Waals surface area contributed by atoms with Crippen molar-refractivity contribution in [2.45, 2.75) is 76.2 Å². The molecule has 1 fully saturated rings. The number of carbonyl (C=O) groups excluding carboxylic acids is 1. The van der Waals surface area contributed by atoms with Gasteiger partial charge in [0.15, 0.2) is 36.2 Å². The van der Waals surface area contributed by atoms with E-state index in [1.165, 1.54) is 5.56 Å². The van der Waals surface area contributed by atoms with Crippen molar-refractivity contribution in [2.24, 2.45) is 5.92 Å². The zero-order valence-corrected chi connectivity index (χ0v) is 35.9. The summed E-state index contributed by atoms with van der Waals surface area (Å²) in [6.45, 7) is 3.85. The Kier molecular flexibility index (Phi) is 19.6. The molecule has 0 bridgehead atoms. The van der Waals surface area contributed by atoms with Crippen LogP contribution in [0.25, 0.3) is 0 Å². The molecule has 0 aromatic heterocycles. The largest absolute Gasteiger partial charge is 0.493 e. The highest BCUT2D eigenvalue weighted by Crippen LogP contribution is 2.40. The lowest BCUT2D eigenvalue weighted by Crippen LogP contribution is -2.43. The normalized spacial score (nSPS) is 15.1. The topological polar surface area (TPSA) is 124 Å². The van der Waals surface area contributed by atoms with E-state index in [1.54, 1.807) is 28.4 Å². The Labute approximate surface area is 354 Å². The highest BCUT2D eigenvalue weighted by Gasteiger charge is 2.36. The molecular weight excluding hydrogens is 810 g/mol. The van der Waals surface area contributed by atoms with E-state index in [4.69, 9.17) is 18.9 Å². The van der Waals surface area contributed by atoms with Crippen LogP contribution in [-0.2, 0) is 11.8 Å². The van der Waals surface area contributed by atoms with Crippen LogP contribution in [0.4, 0.5) is 26.3 Å². The first-order valence-electron chi connectivity index (χ1n) is 20.0. The van der Waals surface area contributed by atoms with Gasteiger partial charge < -0.3 is 44.0 Å². The third-order valence-electron chi connectivity index (χ3n) is 10.3. The maximum absolute atomic E-state index is 12.4. The van der Waals surface area contributed by atoms with Gasteiger partial charge in [-0.2, -0.15) is 31.6 Å². The molecule has 3 aromatic rings. The van der Waals surface area contributed by atoms with E-state index in [2.05, 4.69) is 58.0 Å². The third kappa shape index (κ3) is 16.0. The van der Waals surface area contributed by atoms with Gasteiger partial charge in [0.2, 0.25) is 0 Å². The molecule has 1 heterocycles. The Morgan fingerprint density at radius 1 is 0.820 bits per heavy atom. The minimum absolute atomic E-state index is 0.0157. The fourth-order valence-corrected chi connectivity index (χ4v) is 6.86. The second-order valence-electron chi connectivity index (χ2n) is 15.0. The van der Waals surface area contributed by atoms with Crippen molar-refractivity contribution in [3.05, 3.63) is 71.3 Å². The molecular formula is C44H58F6N4O7. The summed E-state index contributed by atoms with van der Waals surface area (Å²) >= 11 is 0. The van der Waals surface area contributed by atoms with Crippen molar-refractivity contribution < 1.29 is 59.6 Å². The van der Waals surface area contributed by atoms with Crippen molar-refractivity contribution in [1.82, 2.24) is 15.5 Å². The molecule has 1 saturated heterocycles. The van der Waals surface area contributed by atoms with Crippen molar-refractivity contribution in [3.63, 3.8) is 0 Å². The van der Waals surface area contributed by atoms with E-state index in [-0.39, 0.29) is 29.8 Å². The molecule has 338 valence electrons. The van der Waals surface area contributed by atoms with Crippen molar-refractivity contribution in [3.8, 4) is 40.6 Å². The molecule has 2 atom stereocenters. The number of methoxy groups -OCH3 is 4. The standard InChI is InChI=1S/C27H38N2O4.C17H20F6N2O3/c1-20(2)27(19-28,22-10-12-24(31-5)26(18-22)33-7)14-8-15-29(3)16-13-21-9-11-23(30-4)25(17-21)32-6;18-16(19,20)9-27-12-4-5-14(28-10-17(21,22)23)13(7-12)15(26)25-8-11-3-1-2-6-24-11/h9-12,17-18,20H,8,13-16H2,1-7H3;4-5,7,11,24H,1-3,6,8-10H2,(H,25,26). The highest BCUT2D eigenvalue weighted by molar-refractivity contribution is 5.97. The van der Waals surface area contributed by atoms with Gasteiger partial charge in [0, 0.05) is 19.1 Å². The lowest BCUT2D eigenvalue weighted by atomic mass is 9.69. The van der Waals surface area contributed by atoms with Gasteiger partial charge in [-0.15, -0.1) is 0 Å². The SMILES string of the molecule is COc1ccc(CCN(C)CCCC(C#N)(c2ccc(OC)c(OC)c2)C(C)C)cc1OC.O=C(NCC1CCCCN1)c1cc(OCC(F)(F)F)ccc1OCC(F)(F)F. The predicted molar refractivity (Wildman–Crippen MR) is 219 cm³/mol. The van der Waals surface area contributed by atoms with Crippen LogP contribution in [0.2, 0.25) is 0 Å². The van der Waals surface area contributed by atoms with E-state index in [1.807, 2.05) is 30.3 Å². The second-order valence-corrected chi connectivity index (χ2v) is 15.0. The van der Waals surface area contributed by atoms with E-state index in [0.29, 0.717) is 11.5 Å². The zero-order valence-electron chi connectivity index (χ0n) is 35.9. The summed E-state index contributed by atoms with van der Waals surface area (Å²) < 4.78 is 105. The van der Waals surface area contributed by atoms with E-state index >= 15 is 0 Å². The van der Waals surface area contributed by atoms with Gasteiger partial charge in [0.05, 0.1) is 45.5 Å². The highest BCUT2D eigenvalue weighted by atomic mass is 19.4. The number of piperidine rings is 1. The molecule has 61 heavy (non-hydrogen) atoms. The van der Waals surface area contributed by atoms with Gasteiger partial charge in [-0.1, -0.05) is 32.4 Å². The van der Waals surface area contributed by atoms with Crippen molar-refractivity contribution >= 4 is 5.91 Å². The van der Waals surface area contributed by atoms with E-state index in [0.717, 1.165) is 93.4 Å². The average molecular weight is 869 g/mol. The van der Waals surface area contributed by atoms with Gasteiger partial charge in [-0.25, -0.2) is 0 Å². The first kappa shape index (κ1) is 50.3. The molecule has 1 aliphatic rings. The Morgan fingerprint density at radius 2 is 1.43 bits per heavy atom. The van der Waals surface area contributed by atoms with Crippen LogP contribution < -0.4 is 39.1 Å². The number of alkyl halides is 6. The zero-order chi connectivity index (χ0) is 45.2. The fraction of sp³-hybridized carbons (Fsp3) is 0.545. The van der Waals surface area contributed by atoms with Crippen molar-refractivity contribution in [2.75, 3.05) is 74.9 Å². The summed E-state index contributed by atoms with van der Waals surface area (Å²) in [7, 11) is 8.67. The van der Waals surface area contributed by atoms with Crippen LogP contribution in [0, 0.1) is 17.2 Å². The minimum atomic E-state index is -4.63. The number of hydrogen-bond donors (Lipinski definition) is 2. The van der Waals surface area contributed by atoms with Crippen LogP contribution in [0.5, 0.6) is 34.5 Å². The molecule has 4 rings (SSSR count). The smallest absolute Gasteiger partial charge is 0.422 e. The number of hydrogen-bond acceptors (Lipinski definition) is 10. The minimum Gasteiger partial charge on any atom is -0.493 e. The molecule has 0 aliphatic carbocycles. The summed E-state index contributed by atoms with van der Waals surface area (Å²) in [6, 6.07) is 17.4. The van der Waals surface area contributed by atoms with Crippen LogP contribution >= 0.6 is 0 Å². The molecule has 1 aliphatic heterocycles. The maximum Gasteiger partial charge on any atom is 0.422 e. The first-order chi connectivity index (χ1) is 28.9. The van der Waals surface area contributed by atoms with Crippen LogP contribution in [-0.4, -0.2) is 104 Å². The molecule has 3 aromatic carbocycles. The van der Waals surface area contributed by atoms with Crippen LogP contribution in [0.15, 0.2) is 54.6 Å². The number of nitriles is 1. The summed E-state index contributed by atoms with van der Waals surface area (Å²) in [5.74, 6) is 1.52. The van der Waals surface area contributed by atoms with E-state index < -0.39 is 42.6 Å². The predicted octanol–water partition coefficient (Wildman–Crippen LogP) is 8.53. The molecule has 0 saturated carbocycles. The van der Waals surface area contributed by atoms with Gasteiger partial charge in [-0.05, 0) is 112 Å². The first-order valence-corrected chi connectivity index (χ1v) is 20.0. The van der Waals surface area contributed by atoms with E-state index in [9.17, 15) is 36.4 Å². The average Bonchev–Trinajstić information content (AvgIpc) is 3.24. The molecule has 17 heteroatoms. The molecule has 2 unspecified atom stereocenters. The third-order valence-corrected chi connectivity index (χ3v) is 10.3. The number of benzene rings is 3. The quantitative estimate of drug-likeness (QED) is 0.107. The van der Waals surface area contributed by atoms with Crippen molar-refractivity contribution in [1.29, 1.82) is 5.26 Å². The summed E-state index contributed by atoms with van der Waals surface area (Å²) in [5, 5.41) is 16.0. The maximum atomic E-state index is 12.4. The molecule has 1 amide bonds. The van der Waals surface area contributed by atoms with Gasteiger partial charge in [0.25, 0.3) is 5.91 Å². The fourth-order valence-electron chi connectivity index (χ4n) is 6.86. The number of rotatable bonds is 20. The number of likely N-dealkylation sites (N-methyl/N-ethyl adjacent to an activating group) is 1. The van der Waals surface area contributed by atoms with Gasteiger partial charge in [-0.3, -0.25) is 4.79 Å². The summed E-state index contributed by atoms with van der Waals surface area (Å²) in [4.78, 5) is 14.7. The number of halogens is 6. The molecule has 0 radical (unpaired) electrons. The number of nitrogens with zero attached hydrogens (tertiary/aromatic N) is 2. The lowest BCUT2D eigenvalue weighted by Gasteiger charge is -2.32. The Bertz CT molecular complexity index is 1870. The number of carbonyl (C=O) groups is 1. The number of nitrogens with one attached hydrogen (secondary N) is 2. The Morgan fingerprint density at radius 3 is 2.00 bits per heavy atom. The van der Waals surface area contributed by atoms with Gasteiger partial charge >= 0.3 is 12.4 Å². The Hall–Kier alpha value is -5.08. The molecule has 0 spiro atoms. The number of ether oxygens (including phenoxy) is 6. The summed E-state index contributed by atoms with van der Waals surface area (Å²) in [6.07, 6.45) is -3.80. The lowest BCUT2D eigenvalue weighted by molar-refractivity contribution is -0.154. The van der Waals surface area contributed by atoms with Gasteiger partial charge in [0.1, 0.15) is 11.5 Å². The molecule has 11 nitrogen and oxygen atoms in total. The Balaban J connectivity index is 0.000000330. The summed E-state index contributed by atoms with van der Waals surface area (Å²) in [5.41, 5.74) is 1.27. The monoisotopic (exact) mass is 868 g/mol. The van der Waals surface area contributed by atoms with Crippen LogP contribution in [0.1, 0.15) is 67.4 Å². The number of amides is 1. The second kappa shape index (κ2) is 23.8.